The quantitative estimate of drug-likeness (QED) is 0.677. The van der Waals surface area contributed by atoms with Gasteiger partial charge in [-0.1, -0.05) is 24.3 Å². The highest BCUT2D eigenvalue weighted by atomic mass is 16.5. The average Bonchev–Trinajstić information content (AvgIpc) is 2.76. The summed E-state index contributed by atoms with van der Waals surface area (Å²) in [7, 11) is 5.48. The molecule has 0 N–H and O–H groups in total. The first-order valence-corrected chi connectivity index (χ1v) is 10.3. The third-order valence-electron chi connectivity index (χ3n) is 5.72. The Kier molecular flexibility index (Phi) is 7.53. The fourth-order valence-corrected chi connectivity index (χ4v) is 3.78. The fourth-order valence-electron chi connectivity index (χ4n) is 3.78. The summed E-state index contributed by atoms with van der Waals surface area (Å²) in [4.78, 5) is 17.5. The van der Waals surface area contributed by atoms with E-state index in [-0.39, 0.29) is 5.91 Å². The van der Waals surface area contributed by atoms with Crippen molar-refractivity contribution in [1.29, 1.82) is 0 Å². The van der Waals surface area contributed by atoms with Gasteiger partial charge in [-0.3, -0.25) is 4.79 Å². The number of hydrogen-bond acceptors (Lipinski definition) is 4. The molecule has 1 aliphatic rings. The van der Waals surface area contributed by atoms with Crippen LogP contribution in [0.15, 0.2) is 48.5 Å². The Labute approximate surface area is 174 Å². The van der Waals surface area contributed by atoms with E-state index < -0.39 is 0 Å². The van der Waals surface area contributed by atoms with Crippen molar-refractivity contribution < 1.29 is 14.3 Å². The van der Waals surface area contributed by atoms with E-state index >= 15 is 0 Å². The number of hydrogen-bond donors (Lipinski definition) is 0. The molecule has 0 radical (unpaired) electrons. The summed E-state index contributed by atoms with van der Waals surface area (Å²) in [6, 6.07) is 15.9. The second-order valence-corrected chi connectivity index (χ2v) is 7.90. The van der Waals surface area contributed by atoms with E-state index in [4.69, 9.17) is 9.47 Å². The van der Waals surface area contributed by atoms with Crippen molar-refractivity contribution in [2.24, 2.45) is 5.92 Å². The van der Waals surface area contributed by atoms with Crippen LogP contribution in [0.1, 0.15) is 30.4 Å². The van der Waals surface area contributed by atoms with Crippen LogP contribution in [0.4, 0.5) is 0 Å². The summed E-state index contributed by atoms with van der Waals surface area (Å²) in [5, 5.41) is 0. The molecule has 0 saturated carbocycles. The van der Waals surface area contributed by atoms with E-state index in [0.717, 1.165) is 48.6 Å². The first kappa shape index (κ1) is 21.2. The van der Waals surface area contributed by atoms with Gasteiger partial charge in [0, 0.05) is 19.5 Å². The maximum absolute atomic E-state index is 13.2. The van der Waals surface area contributed by atoms with Gasteiger partial charge in [0.25, 0.3) is 0 Å². The summed E-state index contributed by atoms with van der Waals surface area (Å²) in [5.41, 5.74) is 2.21. The molecule has 1 fully saturated rings. The number of nitrogens with zero attached hydrogens (tertiary/aromatic N) is 2. The number of rotatable bonds is 8. The standard InChI is InChI=1S/C24H32N2O3/c1-25-14-12-19(13-15-25)16-24(27)26(17-20-4-8-22(28-2)9-5-20)18-21-6-10-23(29-3)11-7-21/h4-11,19H,12-18H2,1-3H3. The molecule has 29 heavy (non-hydrogen) atoms. The van der Waals surface area contributed by atoms with Gasteiger partial charge in [0.15, 0.2) is 0 Å². The number of amides is 1. The number of ether oxygens (including phenoxy) is 2. The molecule has 1 aliphatic heterocycles. The minimum atomic E-state index is 0.228. The van der Waals surface area contributed by atoms with E-state index in [1.165, 1.54) is 0 Å². The zero-order chi connectivity index (χ0) is 20.6. The van der Waals surface area contributed by atoms with Gasteiger partial charge in [0.1, 0.15) is 11.5 Å². The van der Waals surface area contributed by atoms with Gasteiger partial charge < -0.3 is 19.3 Å². The highest BCUT2D eigenvalue weighted by Gasteiger charge is 2.23. The lowest BCUT2D eigenvalue weighted by atomic mass is 9.93. The SMILES string of the molecule is COc1ccc(CN(Cc2ccc(OC)cc2)C(=O)CC2CCN(C)CC2)cc1. The largest absolute Gasteiger partial charge is 0.497 e. The number of carbonyl (C=O) groups excluding carboxylic acids is 1. The highest BCUT2D eigenvalue weighted by molar-refractivity contribution is 5.76. The van der Waals surface area contributed by atoms with Crippen LogP contribution in [0.25, 0.3) is 0 Å². The van der Waals surface area contributed by atoms with Crippen LogP contribution in [-0.4, -0.2) is 50.1 Å². The summed E-state index contributed by atoms with van der Waals surface area (Å²) in [6.45, 7) is 3.35. The topological polar surface area (TPSA) is 42.0 Å². The van der Waals surface area contributed by atoms with Gasteiger partial charge >= 0.3 is 0 Å². The van der Waals surface area contributed by atoms with E-state index in [1.807, 2.05) is 53.4 Å². The van der Waals surface area contributed by atoms with E-state index in [0.29, 0.717) is 25.4 Å². The lowest BCUT2D eigenvalue weighted by Crippen LogP contribution is -2.35. The second-order valence-electron chi connectivity index (χ2n) is 7.90. The molecule has 5 nitrogen and oxygen atoms in total. The van der Waals surface area contributed by atoms with Gasteiger partial charge in [0.2, 0.25) is 5.91 Å². The Morgan fingerprint density at radius 2 is 1.34 bits per heavy atom. The van der Waals surface area contributed by atoms with Crippen molar-refractivity contribution >= 4 is 5.91 Å². The van der Waals surface area contributed by atoms with Crippen LogP contribution in [0.2, 0.25) is 0 Å². The molecule has 1 heterocycles. The first-order valence-electron chi connectivity index (χ1n) is 10.3. The van der Waals surface area contributed by atoms with Gasteiger partial charge in [-0.15, -0.1) is 0 Å². The number of methoxy groups -OCH3 is 2. The molecule has 0 spiro atoms. The smallest absolute Gasteiger partial charge is 0.223 e. The molecule has 1 amide bonds. The molecule has 2 aromatic rings. The minimum absolute atomic E-state index is 0.228. The molecule has 0 atom stereocenters. The maximum atomic E-state index is 13.2. The van der Waals surface area contributed by atoms with E-state index in [9.17, 15) is 4.79 Å². The number of likely N-dealkylation sites (tertiary alicyclic amines) is 1. The summed E-state index contributed by atoms with van der Waals surface area (Å²) in [6.07, 6.45) is 2.82. The van der Waals surface area contributed by atoms with Crippen LogP contribution >= 0.6 is 0 Å². The third-order valence-corrected chi connectivity index (χ3v) is 5.72. The molecule has 2 aromatic carbocycles. The van der Waals surface area contributed by atoms with Crippen LogP contribution in [0.3, 0.4) is 0 Å². The molecule has 5 heteroatoms. The van der Waals surface area contributed by atoms with Crippen LogP contribution in [0, 0.1) is 5.92 Å². The molecule has 3 rings (SSSR count). The molecule has 0 bridgehead atoms. The lowest BCUT2D eigenvalue weighted by molar-refractivity contribution is -0.133. The monoisotopic (exact) mass is 396 g/mol. The van der Waals surface area contributed by atoms with E-state index in [2.05, 4.69) is 11.9 Å². The van der Waals surface area contributed by atoms with Crippen molar-refractivity contribution in [3.8, 4) is 11.5 Å². The van der Waals surface area contributed by atoms with Crippen molar-refractivity contribution in [2.75, 3.05) is 34.4 Å². The van der Waals surface area contributed by atoms with Crippen LogP contribution in [0.5, 0.6) is 11.5 Å². The maximum Gasteiger partial charge on any atom is 0.223 e. The zero-order valence-corrected chi connectivity index (χ0v) is 17.8. The Balaban J connectivity index is 1.70. The fraction of sp³-hybridized carbons (Fsp3) is 0.458. The predicted octanol–water partition coefficient (Wildman–Crippen LogP) is 3.96. The Hall–Kier alpha value is -2.53. The Bertz CT molecular complexity index is 716. The van der Waals surface area contributed by atoms with Crippen LogP contribution in [-0.2, 0) is 17.9 Å². The van der Waals surface area contributed by atoms with Gasteiger partial charge in [0.05, 0.1) is 14.2 Å². The van der Waals surface area contributed by atoms with Crippen molar-refractivity contribution in [2.45, 2.75) is 32.4 Å². The van der Waals surface area contributed by atoms with Crippen molar-refractivity contribution in [1.82, 2.24) is 9.80 Å². The van der Waals surface area contributed by atoms with Crippen molar-refractivity contribution in [3.63, 3.8) is 0 Å². The number of benzene rings is 2. The highest BCUT2D eigenvalue weighted by Crippen LogP contribution is 2.23. The lowest BCUT2D eigenvalue weighted by Gasteiger charge is -2.31. The zero-order valence-electron chi connectivity index (χ0n) is 17.8. The van der Waals surface area contributed by atoms with Crippen molar-refractivity contribution in [3.05, 3.63) is 59.7 Å². The average molecular weight is 397 g/mol. The van der Waals surface area contributed by atoms with Crippen LogP contribution < -0.4 is 9.47 Å². The molecule has 1 saturated heterocycles. The Morgan fingerprint density at radius 3 is 1.76 bits per heavy atom. The predicted molar refractivity (Wildman–Crippen MR) is 115 cm³/mol. The molecular formula is C24H32N2O3. The molecular weight excluding hydrogens is 364 g/mol. The normalized spacial score (nSPS) is 15.1. The van der Waals surface area contributed by atoms with Gasteiger partial charge in [-0.25, -0.2) is 0 Å². The summed E-state index contributed by atoms with van der Waals surface area (Å²) in [5.74, 6) is 2.36. The summed E-state index contributed by atoms with van der Waals surface area (Å²) < 4.78 is 10.5. The van der Waals surface area contributed by atoms with Gasteiger partial charge in [-0.05, 0) is 74.3 Å². The minimum Gasteiger partial charge on any atom is -0.497 e. The van der Waals surface area contributed by atoms with E-state index in [1.54, 1.807) is 14.2 Å². The first-order chi connectivity index (χ1) is 14.1. The summed E-state index contributed by atoms with van der Waals surface area (Å²) >= 11 is 0. The number of piperidine rings is 1. The molecule has 0 aromatic heterocycles. The van der Waals surface area contributed by atoms with Gasteiger partial charge in [-0.2, -0.15) is 0 Å². The third kappa shape index (κ3) is 6.23. The molecule has 0 aliphatic carbocycles. The molecule has 0 unspecified atom stereocenters. The molecule has 156 valence electrons. The number of carbonyl (C=O) groups is 1. The Morgan fingerprint density at radius 1 is 0.897 bits per heavy atom. The second kappa shape index (κ2) is 10.3.